The third-order valence-corrected chi connectivity index (χ3v) is 3.91. The second-order valence-electron chi connectivity index (χ2n) is 5.86. The molecule has 6 N–H and O–H groups in total. The van der Waals surface area contributed by atoms with E-state index >= 15 is 0 Å². The zero-order valence-corrected chi connectivity index (χ0v) is 12.9. The second-order valence-corrected chi connectivity index (χ2v) is 5.86. The Morgan fingerprint density at radius 1 is 1.12 bits per heavy atom. The Morgan fingerprint density at radius 3 is 2.24 bits per heavy atom. The first-order chi connectivity index (χ1) is 11.6. The number of aliphatic hydroxyl groups excluding tert-OH is 2. The summed E-state index contributed by atoms with van der Waals surface area (Å²) >= 11 is 0. The highest BCUT2D eigenvalue weighted by atomic mass is 16.6. The van der Waals surface area contributed by atoms with Gasteiger partial charge in [0.15, 0.2) is 23.2 Å². The Kier molecular flexibility index (Phi) is 5.31. The molecule has 136 valence electrons. The quantitative estimate of drug-likeness (QED) is 0.234. The highest BCUT2D eigenvalue weighted by molar-refractivity contribution is 5.87. The number of esters is 1. The molecule has 1 fully saturated rings. The van der Waals surface area contributed by atoms with Crippen LogP contribution < -0.4 is 0 Å². The number of benzene rings is 1. The lowest BCUT2D eigenvalue weighted by Gasteiger charge is -2.39. The van der Waals surface area contributed by atoms with Gasteiger partial charge in [0.2, 0.25) is 0 Å². The minimum absolute atomic E-state index is 0.320. The van der Waals surface area contributed by atoms with Gasteiger partial charge in [-0.2, -0.15) is 0 Å². The highest BCUT2D eigenvalue weighted by Gasteiger charge is 2.50. The van der Waals surface area contributed by atoms with Crippen LogP contribution >= 0.6 is 0 Å². The van der Waals surface area contributed by atoms with Crippen LogP contribution in [0.5, 0.6) is 11.5 Å². The lowest BCUT2D eigenvalue weighted by atomic mass is 9.79. The van der Waals surface area contributed by atoms with Crippen molar-refractivity contribution in [2.24, 2.45) is 0 Å². The predicted molar refractivity (Wildman–Crippen MR) is 82.5 cm³/mol. The summed E-state index contributed by atoms with van der Waals surface area (Å²) in [6.45, 7) is 0. The number of aliphatic carboxylic acids is 1. The third-order valence-electron chi connectivity index (χ3n) is 3.91. The van der Waals surface area contributed by atoms with Crippen molar-refractivity contribution < 1.29 is 45.0 Å². The molecule has 1 aliphatic carbocycles. The van der Waals surface area contributed by atoms with Gasteiger partial charge in [-0.3, -0.25) is 0 Å². The molecular formula is C16H18O9. The maximum absolute atomic E-state index is 11.8. The van der Waals surface area contributed by atoms with Gasteiger partial charge in [0.1, 0.15) is 0 Å². The Labute approximate surface area is 142 Å². The largest absolute Gasteiger partial charge is 0.504 e. The molecule has 0 unspecified atom stereocenters. The van der Waals surface area contributed by atoms with Gasteiger partial charge < -0.3 is 35.4 Å². The van der Waals surface area contributed by atoms with Crippen molar-refractivity contribution in [1.82, 2.24) is 0 Å². The highest BCUT2D eigenvalue weighted by Crippen LogP contribution is 2.31. The molecule has 9 heteroatoms. The van der Waals surface area contributed by atoms with Crippen molar-refractivity contribution in [2.75, 3.05) is 0 Å². The van der Waals surface area contributed by atoms with Crippen LogP contribution in [0.2, 0.25) is 0 Å². The summed E-state index contributed by atoms with van der Waals surface area (Å²) in [5, 5.41) is 57.1. The standard InChI is InChI=1S/C16H18O9/c17-9-3-1-8(5-10(9)18)2-4-13(21)25-14-11(19)6-16(24,15(22)23)7-12(14)20/h1-5,11-12,14,17-20,24H,6-7H2,(H,22,23)/t11-,12-,14?,16?/m1/s1. The molecule has 0 radical (unpaired) electrons. The van der Waals surface area contributed by atoms with E-state index in [1.54, 1.807) is 0 Å². The van der Waals surface area contributed by atoms with Crippen LogP contribution in [0.25, 0.3) is 6.08 Å². The van der Waals surface area contributed by atoms with Crippen molar-refractivity contribution in [3.63, 3.8) is 0 Å². The minimum atomic E-state index is -2.29. The van der Waals surface area contributed by atoms with Crippen molar-refractivity contribution >= 4 is 18.0 Å². The molecule has 0 heterocycles. The number of carboxylic acids is 1. The van der Waals surface area contributed by atoms with E-state index in [0.29, 0.717) is 5.56 Å². The van der Waals surface area contributed by atoms with Crippen LogP contribution in [0, 0.1) is 0 Å². The van der Waals surface area contributed by atoms with E-state index in [9.17, 15) is 35.1 Å². The van der Waals surface area contributed by atoms with Crippen molar-refractivity contribution in [3.8, 4) is 11.5 Å². The van der Waals surface area contributed by atoms with E-state index in [0.717, 1.165) is 6.08 Å². The summed E-state index contributed by atoms with van der Waals surface area (Å²) in [5.74, 6) is -3.19. The van der Waals surface area contributed by atoms with Gasteiger partial charge in [-0.15, -0.1) is 0 Å². The van der Waals surface area contributed by atoms with Crippen LogP contribution in [-0.4, -0.2) is 66.5 Å². The molecule has 0 spiro atoms. The van der Waals surface area contributed by atoms with E-state index in [2.05, 4.69) is 0 Å². The van der Waals surface area contributed by atoms with E-state index in [-0.39, 0.29) is 11.5 Å². The molecule has 1 aromatic rings. The number of rotatable bonds is 4. The van der Waals surface area contributed by atoms with Gasteiger partial charge in [0, 0.05) is 18.9 Å². The molecule has 9 nitrogen and oxygen atoms in total. The van der Waals surface area contributed by atoms with Crippen molar-refractivity contribution in [1.29, 1.82) is 0 Å². The van der Waals surface area contributed by atoms with Gasteiger partial charge in [0.05, 0.1) is 12.2 Å². The number of phenolic OH excluding ortho intramolecular Hbond substituents is 2. The first-order valence-corrected chi connectivity index (χ1v) is 7.35. The average Bonchev–Trinajstić information content (AvgIpc) is 2.52. The number of hydrogen-bond donors (Lipinski definition) is 6. The molecule has 0 amide bonds. The molecular weight excluding hydrogens is 336 g/mol. The lowest BCUT2D eigenvalue weighted by molar-refractivity contribution is -0.196. The summed E-state index contributed by atoms with van der Waals surface area (Å²) in [5.41, 5.74) is -1.90. The molecule has 1 aromatic carbocycles. The topological polar surface area (TPSA) is 165 Å². The maximum Gasteiger partial charge on any atom is 0.335 e. The van der Waals surface area contributed by atoms with Crippen LogP contribution in [0.1, 0.15) is 18.4 Å². The SMILES string of the molecule is O=C(C=Cc1ccc(O)c(O)c1)OC1[C@H](O)CC(O)(C(=O)O)C[C@H]1O. The zero-order chi connectivity index (χ0) is 18.8. The molecule has 0 bridgehead atoms. The number of aromatic hydroxyl groups is 2. The van der Waals surface area contributed by atoms with Crippen LogP contribution in [-0.2, 0) is 14.3 Å². The normalized spacial score (nSPS) is 29.5. The second kappa shape index (κ2) is 7.09. The summed E-state index contributed by atoms with van der Waals surface area (Å²) in [6.07, 6.45) is -3.43. The van der Waals surface area contributed by atoms with Crippen molar-refractivity contribution in [3.05, 3.63) is 29.8 Å². The number of ether oxygens (including phenoxy) is 1. The Bertz CT molecular complexity index is 685. The van der Waals surface area contributed by atoms with E-state index in [1.807, 2.05) is 0 Å². The van der Waals surface area contributed by atoms with Gasteiger partial charge >= 0.3 is 11.9 Å². The summed E-state index contributed by atoms with van der Waals surface area (Å²) in [7, 11) is 0. The zero-order valence-electron chi connectivity index (χ0n) is 12.9. The summed E-state index contributed by atoms with van der Waals surface area (Å²) in [4.78, 5) is 22.8. The summed E-state index contributed by atoms with van der Waals surface area (Å²) < 4.78 is 4.92. The van der Waals surface area contributed by atoms with Crippen molar-refractivity contribution in [2.45, 2.75) is 36.8 Å². The van der Waals surface area contributed by atoms with E-state index < -0.39 is 48.7 Å². The van der Waals surface area contributed by atoms with Gasteiger partial charge in [0.25, 0.3) is 0 Å². The first-order valence-electron chi connectivity index (χ1n) is 7.35. The molecule has 2 rings (SSSR count). The fraction of sp³-hybridized carbons (Fsp3) is 0.375. The smallest absolute Gasteiger partial charge is 0.335 e. The molecule has 1 saturated carbocycles. The Balaban J connectivity index is 2.01. The van der Waals surface area contributed by atoms with E-state index in [4.69, 9.17) is 9.84 Å². The number of phenols is 2. The fourth-order valence-corrected chi connectivity index (χ4v) is 2.58. The Hall–Kier alpha value is -2.62. The van der Waals surface area contributed by atoms with Crippen LogP contribution in [0.3, 0.4) is 0 Å². The van der Waals surface area contributed by atoms with Crippen LogP contribution in [0.15, 0.2) is 24.3 Å². The molecule has 0 aromatic heterocycles. The average molecular weight is 354 g/mol. The number of aliphatic hydroxyl groups is 3. The van der Waals surface area contributed by atoms with Gasteiger partial charge in [-0.05, 0) is 23.8 Å². The van der Waals surface area contributed by atoms with E-state index in [1.165, 1.54) is 24.3 Å². The molecule has 0 saturated heterocycles. The summed E-state index contributed by atoms with van der Waals surface area (Å²) in [6, 6.07) is 3.86. The third kappa shape index (κ3) is 4.27. The number of carboxylic acid groups (broad SMARTS) is 1. The lowest BCUT2D eigenvalue weighted by Crippen LogP contribution is -2.57. The van der Waals surface area contributed by atoms with Gasteiger partial charge in [-0.25, -0.2) is 9.59 Å². The maximum atomic E-state index is 11.8. The first kappa shape index (κ1) is 18.7. The minimum Gasteiger partial charge on any atom is -0.504 e. The molecule has 1 aliphatic rings. The molecule has 25 heavy (non-hydrogen) atoms. The molecule has 2 atom stereocenters. The van der Waals surface area contributed by atoms with Crippen LogP contribution in [0.4, 0.5) is 0 Å². The monoisotopic (exact) mass is 354 g/mol. The number of carbonyl (C=O) groups excluding carboxylic acids is 1. The predicted octanol–water partition coefficient (Wildman–Crippen LogP) is -0.646. The Morgan fingerprint density at radius 2 is 1.72 bits per heavy atom. The number of carbonyl (C=O) groups is 2. The molecule has 0 aliphatic heterocycles. The van der Waals surface area contributed by atoms with Gasteiger partial charge in [-0.1, -0.05) is 6.07 Å². The fourth-order valence-electron chi connectivity index (χ4n) is 2.58. The number of hydrogen-bond acceptors (Lipinski definition) is 8.